The van der Waals surface area contributed by atoms with Gasteiger partial charge in [0.2, 0.25) is 5.88 Å². The summed E-state index contributed by atoms with van der Waals surface area (Å²) in [4.78, 5) is 11.1. The minimum absolute atomic E-state index is 0.607. The van der Waals surface area contributed by atoms with Crippen molar-refractivity contribution in [3.8, 4) is 5.88 Å². The van der Waals surface area contributed by atoms with E-state index in [0.717, 1.165) is 38.6 Å². The molecule has 6 heteroatoms. The average Bonchev–Trinajstić information content (AvgIpc) is 2.53. The van der Waals surface area contributed by atoms with Crippen LogP contribution in [0.1, 0.15) is 19.8 Å². The number of methoxy groups -OCH3 is 1. The van der Waals surface area contributed by atoms with E-state index in [0.29, 0.717) is 18.4 Å². The number of hydrogen-bond acceptors (Lipinski definition) is 6. The fraction of sp³-hybridized carbons (Fsp3) is 0.733. The Balaban J connectivity index is 1.86. The third-order valence-electron chi connectivity index (χ3n) is 3.65. The molecule has 21 heavy (non-hydrogen) atoms. The van der Waals surface area contributed by atoms with Crippen molar-refractivity contribution < 1.29 is 9.47 Å². The Morgan fingerprint density at radius 2 is 2.33 bits per heavy atom. The molecule has 6 nitrogen and oxygen atoms in total. The molecule has 118 valence electrons. The van der Waals surface area contributed by atoms with Crippen LogP contribution in [0.4, 0.5) is 5.82 Å². The molecular formula is C15H26N4O2. The van der Waals surface area contributed by atoms with Gasteiger partial charge in [-0.3, -0.25) is 4.98 Å². The first-order valence-electron chi connectivity index (χ1n) is 7.73. The van der Waals surface area contributed by atoms with Gasteiger partial charge in [0.25, 0.3) is 0 Å². The number of aromatic nitrogens is 2. The molecule has 1 N–H and O–H groups in total. The first kappa shape index (κ1) is 16.0. The van der Waals surface area contributed by atoms with Gasteiger partial charge in [0.15, 0.2) is 5.82 Å². The Morgan fingerprint density at radius 1 is 1.43 bits per heavy atom. The Morgan fingerprint density at radius 3 is 3.14 bits per heavy atom. The highest BCUT2D eigenvalue weighted by atomic mass is 16.5. The second kappa shape index (κ2) is 8.79. The molecule has 2 heterocycles. The van der Waals surface area contributed by atoms with Gasteiger partial charge in [0, 0.05) is 26.7 Å². The molecule has 0 aliphatic carbocycles. The van der Waals surface area contributed by atoms with Crippen LogP contribution in [0.15, 0.2) is 12.4 Å². The molecule has 0 aromatic carbocycles. The molecule has 0 saturated carbocycles. The lowest BCUT2D eigenvalue weighted by molar-refractivity contribution is 0.197. The van der Waals surface area contributed by atoms with E-state index in [1.807, 2.05) is 13.1 Å². The van der Waals surface area contributed by atoms with Gasteiger partial charge in [-0.2, -0.15) is 4.98 Å². The topological polar surface area (TPSA) is 59.5 Å². The van der Waals surface area contributed by atoms with Crippen LogP contribution < -0.4 is 15.0 Å². The van der Waals surface area contributed by atoms with Gasteiger partial charge in [0.1, 0.15) is 0 Å². The van der Waals surface area contributed by atoms with Crippen LogP contribution in [0.25, 0.3) is 0 Å². The molecule has 1 aromatic heterocycles. The Hall–Kier alpha value is -1.40. The SMILES string of the molecule is CCOc1cncc(N2CCCC(CNCCOC)C2)n1. The lowest BCUT2D eigenvalue weighted by Crippen LogP contribution is -2.40. The van der Waals surface area contributed by atoms with Gasteiger partial charge in [-0.15, -0.1) is 0 Å². The number of nitrogens with zero attached hydrogens (tertiary/aromatic N) is 3. The number of anilines is 1. The standard InChI is InChI=1S/C15H26N4O2/c1-3-21-15-11-17-10-14(18-15)19-7-4-5-13(12-19)9-16-6-8-20-2/h10-11,13,16H,3-9,12H2,1-2H3. The summed E-state index contributed by atoms with van der Waals surface area (Å²) in [6.07, 6.45) is 5.94. The van der Waals surface area contributed by atoms with Crippen LogP contribution in [0, 0.1) is 5.92 Å². The van der Waals surface area contributed by atoms with Crippen molar-refractivity contribution in [3.63, 3.8) is 0 Å². The van der Waals surface area contributed by atoms with E-state index in [4.69, 9.17) is 9.47 Å². The highest BCUT2D eigenvalue weighted by Crippen LogP contribution is 2.22. The molecular weight excluding hydrogens is 268 g/mol. The van der Waals surface area contributed by atoms with Crippen LogP contribution in [0.5, 0.6) is 5.88 Å². The van der Waals surface area contributed by atoms with E-state index in [1.165, 1.54) is 12.8 Å². The summed E-state index contributed by atoms with van der Waals surface area (Å²) in [5, 5.41) is 3.45. The number of piperidine rings is 1. The van der Waals surface area contributed by atoms with Gasteiger partial charge in [-0.25, -0.2) is 0 Å². The maximum absolute atomic E-state index is 5.43. The van der Waals surface area contributed by atoms with Crippen LogP contribution in [0.3, 0.4) is 0 Å². The zero-order valence-corrected chi connectivity index (χ0v) is 13.0. The smallest absolute Gasteiger partial charge is 0.234 e. The minimum Gasteiger partial charge on any atom is -0.477 e. The summed E-state index contributed by atoms with van der Waals surface area (Å²) in [7, 11) is 1.73. The zero-order chi connectivity index (χ0) is 14.9. The molecule has 1 aromatic rings. The third kappa shape index (κ3) is 5.13. The lowest BCUT2D eigenvalue weighted by Gasteiger charge is -2.33. The van der Waals surface area contributed by atoms with Crippen molar-refractivity contribution in [3.05, 3.63) is 12.4 Å². The summed E-state index contributed by atoms with van der Waals surface area (Å²) >= 11 is 0. The van der Waals surface area contributed by atoms with Gasteiger partial charge in [-0.1, -0.05) is 0 Å². The summed E-state index contributed by atoms with van der Waals surface area (Å²) in [5.41, 5.74) is 0. The van der Waals surface area contributed by atoms with E-state index >= 15 is 0 Å². The number of hydrogen-bond donors (Lipinski definition) is 1. The van der Waals surface area contributed by atoms with Crippen LogP contribution in [-0.2, 0) is 4.74 Å². The van der Waals surface area contributed by atoms with Gasteiger partial charge >= 0.3 is 0 Å². The zero-order valence-electron chi connectivity index (χ0n) is 13.0. The first-order valence-corrected chi connectivity index (χ1v) is 7.73. The van der Waals surface area contributed by atoms with Crippen molar-refractivity contribution >= 4 is 5.82 Å². The van der Waals surface area contributed by atoms with E-state index in [9.17, 15) is 0 Å². The van der Waals surface area contributed by atoms with Gasteiger partial charge < -0.3 is 19.7 Å². The second-order valence-electron chi connectivity index (χ2n) is 5.30. The number of nitrogens with one attached hydrogen (secondary N) is 1. The van der Waals surface area contributed by atoms with Crippen molar-refractivity contribution in [2.75, 3.05) is 51.4 Å². The molecule has 0 amide bonds. The first-order chi connectivity index (χ1) is 10.3. The second-order valence-corrected chi connectivity index (χ2v) is 5.30. The fourth-order valence-corrected chi connectivity index (χ4v) is 2.63. The van der Waals surface area contributed by atoms with E-state index in [-0.39, 0.29) is 0 Å². The van der Waals surface area contributed by atoms with Gasteiger partial charge in [-0.05, 0) is 32.2 Å². The molecule has 2 rings (SSSR count). The number of ether oxygens (including phenoxy) is 2. The Bertz CT molecular complexity index is 416. The molecule has 1 fully saturated rings. The van der Waals surface area contributed by atoms with Crippen LogP contribution >= 0.6 is 0 Å². The summed E-state index contributed by atoms with van der Waals surface area (Å²) in [5.74, 6) is 2.17. The van der Waals surface area contributed by atoms with Crippen molar-refractivity contribution in [1.29, 1.82) is 0 Å². The fourth-order valence-electron chi connectivity index (χ4n) is 2.63. The predicted molar refractivity (Wildman–Crippen MR) is 82.9 cm³/mol. The molecule has 1 aliphatic rings. The summed E-state index contributed by atoms with van der Waals surface area (Å²) in [6, 6.07) is 0. The molecule has 0 spiro atoms. The van der Waals surface area contributed by atoms with Gasteiger partial charge in [0.05, 0.1) is 25.6 Å². The molecule has 1 saturated heterocycles. The predicted octanol–water partition coefficient (Wildman–Crippen LogP) is 1.33. The van der Waals surface area contributed by atoms with Crippen LogP contribution in [-0.4, -0.2) is 56.5 Å². The highest BCUT2D eigenvalue weighted by molar-refractivity contribution is 5.38. The average molecular weight is 294 g/mol. The largest absolute Gasteiger partial charge is 0.477 e. The minimum atomic E-state index is 0.607. The summed E-state index contributed by atoms with van der Waals surface area (Å²) < 4.78 is 10.5. The molecule has 0 radical (unpaired) electrons. The van der Waals surface area contributed by atoms with E-state index in [1.54, 1.807) is 13.3 Å². The molecule has 1 unspecified atom stereocenters. The van der Waals surface area contributed by atoms with Crippen molar-refractivity contribution in [2.45, 2.75) is 19.8 Å². The van der Waals surface area contributed by atoms with Crippen molar-refractivity contribution in [2.24, 2.45) is 5.92 Å². The maximum Gasteiger partial charge on any atom is 0.234 e. The van der Waals surface area contributed by atoms with Crippen molar-refractivity contribution in [1.82, 2.24) is 15.3 Å². The monoisotopic (exact) mass is 294 g/mol. The Labute approximate surface area is 126 Å². The quantitative estimate of drug-likeness (QED) is 0.730. The normalized spacial score (nSPS) is 18.8. The third-order valence-corrected chi connectivity index (χ3v) is 3.65. The number of rotatable bonds is 8. The maximum atomic E-state index is 5.43. The lowest BCUT2D eigenvalue weighted by atomic mass is 9.98. The van der Waals surface area contributed by atoms with Crippen LogP contribution in [0.2, 0.25) is 0 Å². The molecule has 1 atom stereocenters. The molecule has 1 aliphatic heterocycles. The highest BCUT2D eigenvalue weighted by Gasteiger charge is 2.21. The summed E-state index contributed by atoms with van der Waals surface area (Å²) in [6.45, 7) is 7.33. The Kier molecular flexibility index (Phi) is 6.69. The van der Waals surface area contributed by atoms with E-state index in [2.05, 4.69) is 20.2 Å². The molecule has 0 bridgehead atoms. The van der Waals surface area contributed by atoms with E-state index < -0.39 is 0 Å².